The third-order valence-electron chi connectivity index (χ3n) is 4.96. The van der Waals surface area contributed by atoms with Gasteiger partial charge in [0.15, 0.2) is 0 Å². The highest BCUT2D eigenvalue weighted by molar-refractivity contribution is 6.07. The Bertz CT molecular complexity index is 813. The van der Waals surface area contributed by atoms with Crippen molar-refractivity contribution in [2.24, 2.45) is 11.7 Å². The van der Waals surface area contributed by atoms with Crippen LogP contribution in [0.15, 0.2) is 42.7 Å². The number of carbonyl (C=O) groups excluding carboxylic acids is 2. The average molecular weight is 389 g/mol. The van der Waals surface area contributed by atoms with Gasteiger partial charge in [0, 0.05) is 30.3 Å². The minimum absolute atomic E-state index is 0. The molecule has 0 aliphatic carbocycles. The van der Waals surface area contributed by atoms with Crippen LogP contribution in [0.2, 0.25) is 0 Å². The van der Waals surface area contributed by atoms with Crippen LogP contribution >= 0.6 is 12.4 Å². The van der Waals surface area contributed by atoms with Crippen LogP contribution in [0.3, 0.4) is 0 Å². The lowest BCUT2D eigenvalue weighted by Gasteiger charge is -2.19. The molecular weight excluding hydrogens is 364 g/mol. The Morgan fingerprint density at radius 3 is 2.78 bits per heavy atom. The molecule has 0 radical (unpaired) electrons. The van der Waals surface area contributed by atoms with E-state index in [-0.39, 0.29) is 30.1 Å². The van der Waals surface area contributed by atoms with Gasteiger partial charge in [0.1, 0.15) is 0 Å². The SMILES string of the molecule is CCC(C)C(N)C(=O)Nc1ccc2c(c1)CCN2C(=O)c1cccnc1.Cl. The molecule has 27 heavy (non-hydrogen) atoms. The smallest absolute Gasteiger partial charge is 0.259 e. The molecule has 1 aromatic carbocycles. The predicted octanol–water partition coefficient (Wildman–Crippen LogP) is 3.02. The Morgan fingerprint density at radius 2 is 2.11 bits per heavy atom. The van der Waals surface area contributed by atoms with Gasteiger partial charge in [-0.3, -0.25) is 14.6 Å². The van der Waals surface area contributed by atoms with Gasteiger partial charge < -0.3 is 16.0 Å². The molecule has 2 unspecified atom stereocenters. The number of amides is 2. The normalized spacial score (nSPS) is 14.7. The number of aromatic nitrogens is 1. The number of rotatable bonds is 5. The van der Waals surface area contributed by atoms with E-state index < -0.39 is 6.04 Å². The number of pyridine rings is 1. The molecule has 3 N–H and O–H groups in total. The highest BCUT2D eigenvalue weighted by Gasteiger charge is 2.26. The van der Waals surface area contributed by atoms with Crippen LogP contribution in [0.25, 0.3) is 0 Å². The van der Waals surface area contributed by atoms with Crippen LogP contribution in [0.4, 0.5) is 11.4 Å². The molecule has 2 amide bonds. The molecule has 1 aliphatic rings. The number of fused-ring (bicyclic) bond motifs is 1. The second-order valence-corrected chi connectivity index (χ2v) is 6.69. The van der Waals surface area contributed by atoms with Crippen molar-refractivity contribution in [1.29, 1.82) is 0 Å². The first-order chi connectivity index (χ1) is 12.5. The molecule has 2 atom stereocenters. The summed E-state index contributed by atoms with van der Waals surface area (Å²) in [6.45, 7) is 4.60. The first kappa shape index (κ1) is 20.9. The molecule has 2 heterocycles. The molecular formula is C20H25ClN4O2. The largest absolute Gasteiger partial charge is 0.325 e. The fourth-order valence-electron chi connectivity index (χ4n) is 3.07. The third kappa shape index (κ3) is 4.46. The minimum Gasteiger partial charge on any atom is -0.325 e. The minimum atomic E-state index is -0.531. The van der Waals surface area contributed by atoms with Gasteiger partial charge in [0.05, 0.1) is 11.6 Å². The maximum absolute atomic E-state index is 12.7. The summed E-state index contributed by atoms with van der Waals surface area (Å²) in [5, 5.41) is 2.88. The number of anilines is 2. The molecule has 0 bridgehead atoms. The van der Waals surface area contributed by atoms with Gasteiger partial charge in [-0.15, -0.1) is 12.4 Å². The van der Waals surface area contributed by atoms with Crippen LogP contribution < -0.4 is 16.0 Å². The van der Waals surface area contributed by atoms with Crippen molar-refractivity contribution in [3.8, 4) is 0 Å². The molecule has 0 fully saturated rings. The standard InChI is InChI=1S/C20H24N4O2.ClH/c1-3-13(2)18(21)19(25)23-16-6-7-17-14(11-16)8-10-24(17)20(26)15-5-4-9-22-12-15;/h4-7,9,11-13,18H,3,8,10,21H2,1-2H3,(H,23,25);1H. The van der Waals surface area contributed by atoms with Crippen molar-refractivity contribution >= 4 is 35.6 Å². The second kappa shape index (κ2) is 8.97. The summed E-state index contributed by atoms with van der Waals surface area (Å²) in [5.41, 5.74) is 9.18. The molecule has 1 aliphatic heterocycles. The summed E-state index contributed by atoms with van der Waals surface area (Å²) in [6.07, 6.45) is 4.83. The van der Waals surface area contributed by atoms with Crippen LogP contribution in [0.5, 0.6) is 0 Å². The van der Waals surface area contributed by atoms with E-state index in [1.165, 1.54) is 0 Å². The lowest BCUT2D eigenvalue weighted by Crippen LogP contribution is -2.40. The van der Waals surface area contributed by atoms with Crippen molar-refractivity contribution < 1.29 is 9.59 Å². The van der Waals surface area contributed by atoms with E-state index in [2.05, 4.69) is 10.3 Å². The molecule has 1 aromatic heterocycles. The van der Waals surface area contributed by atoms with Crippen molar-refractivity contribution in [2.75, 3.05) is 16.8 Å². The molecule has 2 aromatic rings. The fourth-order valence-corrected chi connectivity index (χ4v) is 3.07. The number of hydrogen-bond acceptors (Lipinski definition) is 4. The predicted molar refractivity (Wildman–Crippen MR) is 109 cm³/mol. The maximum Gasteiger partial charge on any atom is 0.259 e. The van der Waals surface area contributed by atoms with Gasteiger partial charge in [-0.05, 0) is 48.2 Å². The van der Waals surface area contributed by atoms with Crippen LogP contribution in [-0.4, -0.2) is 29.4 Å². The Balaban J connectivity index is 0.00000261. The Morgan fingerprint density at radius 1 is 1.33 bits per heavy atom. The van der Waals surface area contributed by atoms with E-state index in [0.717, 1.165) is 24.1 Å². The fraction of sp³-hybridized carbons (Fsp3) is 0.350. The summed E-state index contributed by atoms with van der Waals surface area (Å²) >= 11 is 0. The number of benzene rings is 1. The van der Waals surface area contributed by atoms with Gasteiger partial charge in [-0.2, -0.15) is 0 Å². The maximum atomic E-state index is 12.7. The number of hydrogen-bond donors (Lipinski definition) is 2. The lowest BCUT2D eigenvalue weighted by molar-refractivity contribution is -0.118. The molecule has 0 spiro atoms. The number of nitrogens with two attached hydrogens (primary N) is 1. The molecule has 7 heteroatoms. The Labute approximate surface area is 165 Å². The van der Waals surface area contributed by atoms with Crippen molar-refractivity contribution in [3.05, 3.63) is 53.9 Å². The van der Waals surface area contributed by atoms with E-state index in [4.69, 9.17) is 5.73 Å². The van der Waals surface area contributed by atoms with Crippen molar-refractivity contribution in [2.45, 2.75) is 32.7 Å². The van der Waals surface area contributed by atoms with Gasteiger partial charge >= 0.3 is 0 Å². The zero-order valence-corrected chi connectivity index (χ0v) is 16.3. The van der Waals surface area contributed by atoms with Gasteiger partial charge in [0.2, 0.25) is 5.91 Å². The highest BCUT2D eigenvalue weighted by Crippen LogP contribution is 2.31. The van der Waals surface area contributed by atoms with Gasteiger partial charge in [-0.1, -0.05) is 20.3 Å². The Hall–Kier alpha value is -2.44. The van der Waals surface area contributed by atoms with E-state index in [1.54, 1.807) is 29.4 Å². The summed E-state index contributed by atoms with van der Waals surface area (Å²) < 4.78 is 0. The van der Waals surface area contributed by atoms with E-state index in [0.29, 0.717) is 17.8 Å². The number of carbonyl (C=O) groups is 2. The van der Waals surface area contributed by atoms with Gasteiger partial charge in [0.25, 0.3) is 5.91 Å². The van der Waals surface area contributed by atoms with E-state index in [9.17, 15) is 9.59 Å². The zero-order valence-electron chi connectivity index (χ0n) is 15.5. The van der Waals surface area contributed by atoms with Crippen molar-refractivity contribution in [1.82, 2.24) is 4.98 Å². The molecule has 3 rings (SSSR count). The second-order valence-electron chi connectivity index (χ2n) is 6.69. The van der Waals surface area contributed by atoms with Gasteiger partial charge in [-0.25, -0.2) is 0 Å². The molecule has 0 saturated carbocycles. The monoisotopic (exact) mass is 388 g/mol. The van der Waals surface area contributed by atoms with E-state index in [1.807, 2.05) is 32.0 Å². The zero-order chi connectivity index (χ0) is 18.7. The summed E-state index contributed by atoms with van der Waals surface area (Å²) in [6, 6.07) is 8.60. The van der Waals surface area contributed by atoms with E-state index >= 15 is 0 Å². The molecule has 144 valence electrons. The summed E-state index contributed by atoms with van der Waals surface area (Å²) in [7, 11) is 0. The number of halogens is 1. The first-order valence-electron chi connectivity index (χ1n) is 8.92. The average Bonchev–Trinajstić information content (AvgIpc) is 3.10. The Kier molecular flexibility index (Phi) is 6.93. The van der Waals surface area contributed by atoms with Crippen LogP contribution in [0.1, 0.15) is 36.2 Å². The molecule has 0 saturated heterocycles. The third-order valence-corrected chi connectivity index (χ3v) is 4.96. The number of nitrogens with one attached hydrogen (secondary N) is 1. The van der Waals surface area contributed by atoms with Crippen LogP contribution in [0, 0.1) is 5.92 Å². The first-order valence-corrected chi connectivity index (χ1v) is 8.92. The highest BCUT2D eigenvalue weighted by atomic mass is 35.5. The molecule has 6 nitrogen and oxygen atoms in total. The lowest BCUT2D eigenvalue weighted by atomic mass is 9.99. The topological polar surface area (TPSA) is 88.3 Å². The summed E-state index contributed by atoms with van der Waals surface area (Å²) in [4.78, 5) is 30.7. The quantitative estimate of drug-likeness (QED) is 0.824. The van der Waals surface area contributed by atoms with Crippen molar-refractivity contribution in [3.63, 3.8) is 0 Å². The number of nitrogens with zero attached hydrogens (tertiary/aromatic N) is 2. The van der Waals surface area contributed by atoms with Crippen LogP contribution in [-0.2, 0) is 11.2 Å². The summed E-state index contributed by atoms with van der Waals surface area (Å²) in [5.74, 6) is -0.120.